The summed E-state index contributed by atoms with van der Waals surface area (Å²) >= 11 is -5.08. The van der Waals surface area contributed by atoms with E-state index < -0.39 is 14.6 Å². The third-order valence-corrected chi connectivity index (χ3v) is 17.8. The third kappa shape index (κ3) is 7.63. The van der Waals surface area contributed by atoms with Crippen molar-refractivity contribution >= 4 is 14.6 Å². The van der Waals surface area contributed by atoms with Gasteiger partial charge in [-0.1, -0.05) is 0 Å². The van der Waals surface area contributed by atoms with Crippen molar-refractivity contribution in [2.45, 2.75) is 228 Å². The quantitative estimate of drug-likeness (QED) is 0.111. The first-order valence-electron chi connectivity index (χ1n) is 21.5. The van der Waals surface area contributed by atoms with E-state index in [1.807, 2.05) is 0 Å². The van der Waals surface area contributed by atoms with E-state index in [2.05, 4.69) is 0 Å². The van der Waals surface area contributed by atoms with Gasteiger partial charge in [0.2, 0.25) is 0 Å². The molecule has 8 saturated carbocycles. The van der Waals surface area contributed by atoms with E-state index in [9.17, 15) is 0 Å². The number of hydrogen-bond donors (Lipinski definition) is 0. The van der Waals surface area contributed by atoms with Crippen LogP contribution in [0.15, 0.2) is 0 Å². The number of hydrogen-bond acceptors (Lipinski definition) is 8. The van der Waals surface area contributed by atoms with Crippen molar-refractivity contribution in [2.24, 2.45) is 23.7 Å². The molecule has 280 valence electrons. The molecule has 0 aromatic heterocycles. The molecule has 8 fully saturated rings. The Hall–Kier alpha value is 0.223. The molecular weight excluding hydrogens is 681 g/mol. The van der Waals surface area contributed by atoms with Crippen LogP contribution in [0.4, 0.5) is 0 Å². The first kappa shape index (κ1) is 36.2. The van der Waals surface area contributed by atoms with Gasteiger partial charge in [0.1, 0.15) is 0 Å². The molecule has 8 aliphatic carbocycles. The molecule has 49 heavy (non-hydrogen) atoms. The predicted octanol–water partition coefficient (Wildman–Crippen LogP) is 11.2. The van der Waals surface area contributed by atoms with Crippen LogP contribution in [0, 0.1) is 23.7 Å². The van der Waals surface area contributed by atoms with Crippen LogP contribution in [0.25, 0.3) is 0 Å². The Morgan fingerprint density at radius 3 is 0.633 bits per heavy atom. The van der Waals surface area contributed by atoms with Crippen LogP contribution in [-0.4, -0.2) is 37.0 Å². The fourth-order valence-corrected chi connectivity index (χ4v) is 15.2. The fraction of sp³-hybridized carbons (Fsp3) is 1.00. The normalized spacial score (nSPS) is 44.1. The Bertz CT molecular complexity index is 857. The van der Waals surface area contributed by atoms with Crippen LogP contribution in [0.3, 0.4) is 0 Å². The molecule has 0 aliphatic heterocycles. The molecule has 0 amide bonds. The van der Waals surface area contributed by atoms with E-state index in [4.69, 9.17) is 35.2 Å². The molecule has 0 aromatic rings. The summed E-state index contributed by atoms with van der Waals surface area (Å²) in [6, 6.07) is 0. The van der Waals surface area contributed by atoms with Crippen molar-refractivity contribution in [3.63, 3.8) is 0 Å². The van der Waals surface area contributed by atoms with Gasteiger partial charge in [0.25, 0.3) is 0 Å². The van der Waals surface area contributed by atoms with E-state index in [0.717, 1.165) is 103 Å². The maximum absolute atomic E-state index is 6.83. The van der Waals surface area contributed by atoms with E-state index in [0.29, 0.717) is 23.7 Å². The van der Waals surface area contributed by atoms with Gasteiger partial charge >= 0.3 is 301 Å². The van der Waals surface area contributed by atoms with Crippen LogP contribution >= 0.6 is 0 Å². The van der Waals surface area contributed by atoms with Crippen molar-refractivity contribution < 1.29 is 35.2 Å². The average Bonchev–Trinajstić information content (AvgIpc) is 3.17. The molecule has 8 aliphatic rings. The Morgan fingerprint density at radius 1 is 0.265 bits per heavy atom. The van der Waals surface area contributed by atoms with Gasteiger partial charge < -0.3 is 0 Å². The summed E-state index contributed by atoms with van der Waals surface area (Å²) in [6.45, 7) is 0. The van der Waals surface area contributed by atoms with Gasteiger partial charge in [-0.15, -0.1) is 0 Å². The van der Waals surface area contributed by atoms with Crippen LogP contribution in [-0.2, 0) is 35.2 Å². The molecule has 0 aromatic carbocycles. The van der Waals surface area contributed by atoms with Crippen LogP contribution in [0.5, 0.6) is 0 Å². The molecular formula is C40H68GeO8. The fourth-order valence-electron chi connectivity index (χ4n) is 12.6. The summed E-state index contributed by atoms with van der Waals surface area (Å²) in [5.41, 5.74) is -1.36. The summed E-state index contributed by atoms with van der Waals surface area (Å²) in [5, 5.41) is 0. The van der Waals surface area contributed by atoms with Crippen molar-refractivity contribution in [2.75, 3.05) is 0 Å². The molecule has 0 N–H and O–H groups in total. The molecule has 0 unspecified atom stereocenters. The van der Waals surface area contributed by atoms with Gasteiger partial charge in [0.15, 0.2) is 0 Å². The second-order valence-electron chi connectivity index (χ2n) is 18.2. The van der Waals surface area contributed by atoms with Gasteiger partial charge in [0.05, 0.1) is 0 Å². The minimum atomic E-state index is -5.08. The summed E-state index contributed by atoms with van der Waals surface area (Å²) < 4.78 is 27.1. The molecule has 0 spiro atoms. The average molecular weight is 750 g/mol. The van der Waals surface area contributed by atoms with Crippen LogP contribution < -0.4 is 0 Å². The van der Waals surface area contributed by atoms with Gasteiger partial charge in [-0.05, 0) is 0 Å². The number of fused-ring (bicyclic) bond motifs is 4. The number of rotatable bonds is 12. The Labute approximate surface area is 300 Å². The van der Waals surface area contributed by atoms with Crippen molar-refractivity contribution in [1.29, 1.82) is 0 Å². The minimum absolute atomic E-state index is 0.341. The van der Waals surface area contributed by atoms with Crippen molar-refractivity contribution in [1.82, 2.24) is 0 Å². The predicted molar refractivity (Wildman–Crippen MR) is 187 cm³/mol. The standard InChI is InChI=1S/C40H68GeO8/c1-9-25-37(26-10-2-18-33(37)17-1)42-46-41(47-43-38-27-11-3-19-34(38)20-4-12-28-38,48-44-39-29-13-5-21-35(39)22-6-14-30-39)49-45-40-31-15-7-23-36(40)24-8-16-32-40/h33-36H,1-32H2. The third-order valence-electron chi connectivity index (χ3n) is 15.4. The molecule has 0 saturated heterocycles. The summed E-state index contributed by atoms with van der Waals surface area (Å²) in [5.74, 6) is 1.93. The van der Waals surface area contributed by atoms with Gasteiger partial charge in [-0.25, -0.2) is 0 Å². The van der Waals surface area contributed by atoms with E-state index in [-0.39, 0.29) is 22.4 Å². The zero-order chi connectivity index (χ0) is 33.1. The van der Waals surface area contributed by atoms with Gasteiger partial charge in [0, 0.05) is 0 Å². The van der Waals surface area contributed by atoms with E-state index in [1.54, 1.807) is 0 Å². The van der Waals surface area contributed by atoms with E-state index >= 15 is 0 Å². The molecule has 8 rings (SSSR count). The second kappa shape index (κ2) is 15.9. The summed E-state index contributed by atoms with van der Waals surface area (Å²) in [6.07, 6.45) is 36.9. The molecule has 8 nitrogen and oxygen atoms in total. The maximum atomic E-state index is 6.83. The zero-order valence-electron chi connectivity index (χ0n) is 30.7. The molecule has 0 heterocycles. The first-order valence-corrected chi connectivity index (χ1v) is 25.0. The monoisotopic (exact) mass is 750 g/mol. The molecule has 0 bridgehead atoms. The molecule has 9 heteroatoms. The topological polar surface area (TPSA) is 73.8 Å². The molecule has 0 radical (unpaired) electrons. The Balaban J connectivity index is 1.11. The van der Waals surface area contributed by atoms with Gasteiger partial charge in [-0.2, -0.15) is 0 Å². The SMILES string of the molecule is C1CCC2(O[O][Ge]([O]OC34CCCCC3CCCC4)([O]OC34CCCCC3CCCC4)[O]OC34CCCCC3CCCC4)CCCCC2C1. The van der Waals surface area contributed by atoms with E-state index in [1.165, 1.54) is 103 Å². The summed E-state index contributed by atoms with van der Waals surface area (Å²) in [7, 11) is 0. The Morgan fingerprint density at radius 2 is 0.449 bits per heavy atom. The molecule has 0 atom stereocenters. The summed E-state index contributed by atoms with van der Waals surface area (Å²) in [4.78, 5) is 27.3. The van der Waals surface area contributed by atoms with Crippen molar-refractivity contribution in [3.05, 3.63) is 0 Å². The second-order valence-corrected chi connectivity index (χ2v) is 21.7. The van der Waals surface area contributed by atoms with Gasteiger partial charge in [-0.3, -0.25) is 0 Å². The van der Waals surface area contributed by atoms with Crippen molar-refractivity contribution in [3.8, 4) is 0 Å². The van der Waals surface area contributed by atoms with Crippen LogP contribution in [0.1, 0.15) is 205 Å². The zero-order valence-corrected chi connectivity index (χ0v) is 32.8. The first-order chi connectivity index (χ1) is 24.1. The van der Waals surface area contributed by atoms with Crippen LogP contribution in [0.2, 0.25) is 0 Å². The Kier molecular flexibility index (Phi) is 11.8.